The number of aromatic nitrogens is 4. The number of aromatic amines is 1. The molecule has 4 rings (SSSR count). The van der Waals surface area contributed by atoms with Gasteiger partial charge >= 0.3 is 0 Å². The molecule has 0 radical (unpaired) electrons. The zero-order valence-electron chi connectivity index (χ0n) is 14.7. The van der Waals surface area contributed by atoms with Gasteiger partial charge in [0.1, 0.15) is 5.69 Å². The first-order valence-electron chi connectivity index (χ1n) is 8.50. The highest BCUT2D eigenvalue weighted by molar-refractivity contribution is 5.92. The second-order valence-electron chi connectivity index (χ2n) is 7.54. The van der Waals surface area contributed by atoms with Gasteiger partial charge in [-0.15, -0.1) is 0 Å². The van der Waals surface area contributed by atoms with E-state index in [1.807, 2.05) is 23.1 Å². The fourth-order valence-corrected chi connectivity index (χ4v) is 3.12. The number of carbonyl (C=O) groups is 1. The molecule has 6 heteroatoms. The first kappa shape index (κ1) is 15.7. The number of H-pyrrole nitrogens is 1. The Kier molecular flexibility index (Phi) is 3.56. The predicted octanol–water partition coefficient (Wildman–Crippen LogP) is 2.85. The van der Waals surface area contributed by atoms with Crippen LogP contribution >= 0.6 is 0 Å². The van der Waals surface area contributed by atoms with Crippen molar-refractivity contribution < 1.29 is 4.79 Å². The van der Waals surface area contributed by atoms with Crippen LogP contribution in [0.5, 0.6) is 0 Å². The molecular weight excluding hydrogens is 314 g/mol. The van der Waals surface area contributed by atoms with Crippen LogP contribution in [-0.4, -0.2) is 37.5 Å². The van der Waals surface area contributed by atoms with Crippen molar-refractivity contribution in [3.8, 4) is 0 Å². The zero-order valence-corrected chi connectivity index (χ0v) is 14.7. The Hall–Kier alpha value is -2.76. The summed E-state index contributed by atoms with van der Waals surface area (Å²) < 4.78 is 0. The summed E-state index contributed by atoms with van der Waals surface area (Å²) in [5.74, 6) is -0.0383. The zero-order chi connectivity index (χ0) is 17.6. The number of hydrogen-bond donors (Lipinski definition) is 1. The highest BCUT2D eigenvalue weighted by Crippen LogP contribution is 2.24. The highest BCUT2D eigenvalue weighted by Gasteiger charge is 2.26. The van der Waals surface area contributed by atoms with Crippen molar-refractivity contribution in [2.45, 2.75) is 39.2 Å². The molecule has 6 nitrogen and oxygen atoms in total. The van der Waals surface area contributed by atoms with Gasteiger partial charge in [-0.2, -0.15) is 5.10 Å². The lowest BCUT2D eigenvalue weighted by atomic mass is 9.92. The van der Waals surface area contributed by atoms with Crippen molar-refractivity contribution >= 4 is 16.9 Å². The van der Waals surface area contributed by atoms with E-state index in [1.54, 1.807) is 6.20 Å². The van der Waals surface area contributed by atoms with E-state index in [2.05, 4.69) is 47.0 Å². The fraction of sp³-hybridized carbons (Fsp3) is 0.368. The Balaban J connectivity index is 1.60. The minimum Gasteiger partial charge on any atom is -0.332 e. The van der Waals surface area contributed by atoms with Gasteiger partial charge in [-0.25, -0.2) is 9.97 Å². The van der Waals surface area contributed by atoms with E-state index in [-0.39, 0.29) is 11.3 Å². The molecular formula is C19H21N5O. The number of hydrogen-bond acceptors (Lipinski definition) is 4. The SMILES string of the molecule is CC(C)(C)c1cc(C(=O)N2CCc3nc4ncccc4cc3C2)n[nH]1. The maximum Gasteiger partial charge on any atom is 0.274 e. The molecule has 128 valence electrons. The van der Waals surface area contributed by atoms with Crippen molar-refractivity contribution in [1.82, 2.24) is 25.1 Å². The maximum atomic E-state index is 12.8. The van der Waals surface area contributed by atoms with Gasteiger partial charge in [0, 0.05) is 47.9 Å². The van der Waals surface area contributed by atoms with Crippen LogP contribution in [0.4, 0.5) is 0 Å². The number of amides is 1. The molecule has 0 fully saturated rings. The first-order chi connectivity index (χ1) is 11.9. The molecule has 0 saturated heterocycles. The lowest BCUT2D eigenvalue weighted by molar-refractivity contribution is 0.0727. The van der Waals surface area contributed by atoms with Crippen LogP contribution in [0.25, 0.3) is 11.0 Å². The van der Waals surface area contributed by atoms with Crippen molar-refractivity contribution in [2.75, 3.05) is 6.54 Å². The van der Waals surface area contributed by atoms with Crippen LogP contribution in [0.1, 0.15) is 48.2 Å². The number of fused-ring (bicyclic) bond motifs is 2. The molecule has 0 aliphatic carbocycles. The average molecular weight is 335 g/mol. The summed E-state index contributed by atoms with van der Waals surface area (Å²) in [5, 5.41) is 8.22. The molecule has 1 aliphatic heterocycles. The molecule has 3 aromatic heterocycles. The van der Waals surface area contributed by atoms with Gasteiger partial charge in [0.15, 0.2) is 5.65 Å². The molecule has 0 unspecified atom stereocenters. The standard InChI is InChI=1S/C19H21N5O/c1-19(2,3)16-10-15(22-23-16)18(25)24-8-6-14-13(11-24)9-12-5-4-7-20-17(12)21-14/h4-5,7,9-10H,6,8,11H2,1-3H3,(H,22,23). The van der Waals surface area contributed by atoms with Crippen molar-refractivity contribution in [3.63, 3.8) is 0 Å². The molecule has 25 heavy (non-hydrogen) atoms. The van der Waals surface area contributed by atoms with Gasteiger partial charge in [-0.05, 0) is 29.8 Å². The Morgan fingerprint density at radius 3 is 2.88 bits per heavy atom. The van der Waals surface area contributed by atoms with Gasteiger partial charge in [-0.3, -0.25) is 9.89 Å². The van der Waals surface area contributed by atoms with Crippen LogP contribution in [0.15, 0.2) is 30.5 Å². The second-order valence-corrected chi connectivity index (χ2v) is 7.54. The van der Waals surface area contributed by atoms with E-state index in [4.69, 9.17) is 0 Å². The summed E-state index contributed by atoms with van der Waals surface area (Å²) in [4.78, 5) is 23.6. The van der Waals surface area contributed by atoms with Crippen LogP contribution in [-0.2, 0) is 18.4 Å². The Morgan fingerprint density at radius 1 is 1.28 bits per heavy atom. The molecule has 0 atom stereocenters. The van der Waals surface area contributed by atoms with Crippen LogP contribution in [0.3, 0.4) is 0 Å². The minimum atomic E-state index is -0.0597. The van der Waals surface area contributed by atoms with E-state index in [0.29, 0.717) is 18.8 Å². The molecule has 3 aromatic rings. The van der Waals surface area contributed by atoms with Gasteiger partial charge < -0.3 is 4.90 Å². The molecule has 0 saturated carbocycles. The molecule has 0 bridgehead atoms. The third-order valence-corrected chi connectivity index (χ3v) is 4.63. The number of nitrogens with zero attached hydrogens (tertiary/aromatic N) is 4. The Morgan fingerprint density at radius 2 is 2.12 bits per heavy atom. The lowest BCUT2D eigenvalue weighted by Crippen LogP contribution is -2.36. The summed E-state index contributed by atoms with van der Waals surface area (Å²) >= 11 is 0. The summed E-state index contributed by atoms with van der Waals surface area (Å²) in [6.45, 7) is 7.49. The lowest BCUT2D eigenvalue weighted by Gasteiger charge is -2.27. The smallest absolute Gasteiger partial charge is 0.274 e. The monoisotopic (exact) mass is 335 g/mol. The van der Waals surface area contributed by atoms with Gasteiger partial charge in [0.2, 0.25) is 0 Å². The van der Waals surface area contributed by atoms with Crippen molar-refractivity contribution in [3.05, 3.63) is 53.1 Å². The number of nitrogens with one attached hydrogen (secondary N) is 1. The summed E-state index contributed by atoms with van der Waals surface area (Å²) in [6, 6.07) is 7.86. The molecule has 1 N–H and O–H groups in total. The van der Waals surface area contributed by atoms with Crippen molar-refractivity contribution in [2.24, 2.45) is 0 Å². The average Bonchev–Trinajstić information content (AvgIpc) is 3.09. The summed E-state index contributed by atoms with van der Waals surface area (Å²) in [7, 11) is 0. The van der Waals surface area contributed by atoms with Crippen LogP contribution < -0.4 is 0 Å². The molecule has 1 aliphatic rings. The van der Waals surface area contributed by atoms with Gasteiger partial charge in [-0.1, -0.05) is 20.8 Å². The second kappa shape index (κ2) is 5.65. The normalized spacial score (nSPS) is 14.6. The molecule has 1 amide bonds. The third-order valence-electron chi connectivity index (χ3n) is 4.63. The summed E-state index contributed by atoms with van der Waals surface area (Å²) in [5.41, 5.74) is 4.27. The number of carbonyl (C=O) groups excluding carboxylic acids is 1. The topological polar surface area (TPSA) is 74.8 Å². The largest absolute Gasteiger partial charge is 0.332 e. The summed E-state index contributed by atoms with van der Waals surface area (Å²) in [6.07, 6.45) is 2.49. The molecule has 4 heterocycles. The van der Waals surface area contributed by atoms with E-state index >= 15 is 0 Å². The van der Waals surface area contributed by atoms with E-state index in [1.165, 1.54) is 0 Å². The van der Waals surface area contributed by atoms with Gasteiger partial charge in [0.25, 0.3) is 5.91 Å². The van der Waals surface area contributed by atoms with Gasteiger partial charge in [0.05, 0.1) is 0 Å². The van der Waals surface area contributed by atoms with E-state index in [9.17, 15) is 4.79 Å². The Labute approximate surface area is 146 Å². The Bertz CT molecular complexity index is 954. The van der Waals surface area contributed by atoms with Crippen LogP contribution in [0.2, 0.25) is 0 Å². The number of rotatable bonds is 1. The maximum absolute atomic E-state index is 12.8. The predicted molar refractivity (Wildman–Crippen MR) is 95.3 cm³/mol. The highest BCUT2D eigenvalue weighted by atomic mass is 16.2. The number of pyridine rings is 2. The van der Waals surface area contributed by atoms with E-state index < -0.39 is 0 Å². The van der Waals surface area contributed by atoms with E-state index in [0.717, 1.165) is 34.4 Å². The van der Waals surface area contributed by atoms with Crippen molar-refractivity contribution in [1.29, 1.82) is 0 Å². The quantitative estimate of drug-likeness (QED) is 0.742. The third kappa shape index (κ3) is 2.88. The van der Waals surface area contributed by atoms with Crippen LogP contribution in [0, 0.1) is 0 Å². The first-order valence-corrected chi connectivity index (χ1v) is 8.50. The molecule has 0 aromatic carbocycles. The minimum absolute atomic E-state index is 0.0383. The fourth-order valence-electron chi connectivity index (χ4n) is 3.12. The molecule has 0 spiro atoms.